The summed E-state index contributed by atoms with van der Waals surface area (Å²) in [5, 5.41) is 7.03. The predicted octanol–water partition coefficient (Wildman–Crippen LogP) is 2.76. The minimum atomic E-state index is 0.639. The maximum Gasteiger partial charge on any atom is 0.224 e. The zero-order valence-electron chi connectivity index (χ0n) is 8.05. The molecule has 0 amide bonds. The van der Waals surface area contributed by atoms with E-state index in [-0.39, 0.29) is 0 Å². The lowest BCUT2D eigenvalue weighted by Crippen LogP contribution is -2.04. The fourth-order valence-corrected chi connectivity index (χ4v) is 2.00. The van der Waals surface area contributed by atoms with E-state index in [0.717, 1.165) is 11.6 Å². The third kappa shape index (κ3) is 1.85. The van der Waals surface area contributed by atoms with Gasteiger partial charge in [-0.3, -0.25) is 0 Å². The normalized spacial score (nSPS) is 18.8. The van der Waals surface area contributed by atoms with Gasteiger partial charge in [-0.25, -0.2) is 0 Å². The minimum absolute atomic E-state index is 0.639. The van der Waals surface area contributed by atoms with Crippen LogP contribution in [-0.4, -0.2) is 12.2 Å². The molecular formula is C10H16N2O. The van der Waals surface area contributed by atoms with E-state index in [1.807, 2.05) is 13.1 Å². The third-order valence-corrected chi connectivity index (χ3v) is 2.80. The maximum atomic E-state index is 5.11. The molecule has 0 unspecified atom stereocenters. The number of rotatable bonds is 2. The summed E-state index contributed by atoms with van der Waals surface area (Å²) in [5.41, 5.74) is 1.13. The van der Waals surface area contributed by atoms with Gasteiger partial charge in [-0.1, -0.05) is 24.4 Å². The summed E-state index contributed by atoms with van der Waals surface area (Å²) < 4.78 is 5.11. The van der Waals surface area contributed by atoms with Crippen molar-refractivity contribution in [1.82, 2.24) is 5.16 Å². The van der Waals surface area contributed by atoms with Crippen molar-refractivity contribution in [2.75, 3.05) is 12.4 Å². The third-order valence-electron chi connectivity index (χ3n) is 2.80. The molecule has 1 heterocycles. The summed E-state index contributed by atoms with van der Waals surface area (Å²) in [5.74, 6) is 1.42. The van der Waals surface area contributed by atoms with Gasteiger partial charge in [-0.2, -0.15) is 0 Å². The SMILES string of the molecule is CNc1cc(C2CCCCC2)no1. The molecule has 0 aromatic carbocycles. The van der Waals surface area contributed by atoms with Gasteiger partial charge in [0.2, 0.25) is 5.88 Å². The molecule has 1 saturated carbocycles. The van der Waals surface area contributed by atoms with Crippen LogP contribution >= 0.6 is 0 Å². The Morgan fingerprint density at radius 2 is 2.15 bits per heavy atom. The topological polar surface area (TPSA) is 38.1 Å². The average Bonchev–Trinajstić information content (AvgIpc) is 2.67. The molecule has 1 aromatic rings. The van der Waals surface area contributed by atoms with Crippen molar-refractivity contribution >= 4 is 5.88 Å². The Balaban J connectivity index is 2.05. The number of hydrogen-bond donors (Lipinski definition) is 1. The Labute approximate surface area is 78.5 Å². The monoisotopic (exact) mass is 180 g/mol. The van der Waals surface area contributed by atoms with Crippen molar-refractivity contribution < 1.29 is 4.52 Å². The lowest BCUT2D eigenvalue weighted by molar-refractivity contribution is 0.386. The second-order valence-corrected chi connectivity index (χ2v) is 3.70. The fraction of sp³-hybridized carbons (Fsp3) is 0.700. The van der Waals surface area contributed by atoms with Crippen LogP contribution in [0.2, 0.25) is 0 Å². The van der Waals surface area contributed by atoms with Gasteiger partial charge >= 0.3 is 0 Å². The average molecular weight is 180 g/mol. The van der Waals surface area contributed by atoms with Crippen LogP contribution in [0.25, 0.3) is 0 Å². The van der Waals surface area contributed by atoms with E-state index in [1.54, 1.807) is 0 Å². The first kappa shape index (κ1) is 8.60. The van der Waals surface area contributed by atoms with E-state index in [2.05, 4.69) is 10.5 Å². The first-order chi connectivity index (χ1) is 6.40. The standard InChI is InChI=1S/C10H16N2O/c1-11-10-7-9(12-13-10)8-5-3-2-4-6-8/h7-8,11H,2-6H2,1H3. The van der Waals surface area contributed by atoms with Gasteiger partial charge in [0.1, 0.15) is 0 Å². The zero-order chi connectivity index (χ0) is 9.10. The minimum Gasteiger partial charge on any atom is -0.357 e. The number of anilines is 1. The van der Waals surface area contributed by atoms with Crippen molar-refractivity contribution in [1.29, 1.82) is 0 Å². The molecule has 1 fully saturated rings. The lowest BCUT2D eigenvalue weighted by atomic mass is 9.87. The molecule has 0 aliphatic heterocycles. The zero-order valence-corrected chi connectivity index (χ0v) is 8.05. The molecule has 3 heteroatoms. The Kier molecular flexibility index (Phi) is 2.52. The second kappa shape index (κ2) is 3.81. The first-order valence-electron chi connectivity index (χ1n) is 5.04. The van der Waals surface area contributed by atoms with E-state index in [4.69, 9.17) is 4.52 Å². The highest BCUT2D eigenvalue weighted by Crippen LogP contribution is 2.32. The summed E-state index contributed by atoms with van der Waals surface area (Å²) in [6, 6.07) is 2.02. The smallest absolute Gasteiger partial charge is 0.224 e. The molecule has 13 heavy (non-hydrogen) atoms. The predicted molar refractivity (Wildman–Crippen MR) is 51.9 cm³/mol. The van der Waals surface area contributed by atoms with E-state index in [1.165, 1.54) is 32.1 Å². The van der Waals surface area contributed by atoms with Gasteiger partial charge in [-0.05, 0) is 12.8 Å². The Morgan fingerprint density at radius 3 is 2.77 bits per heavy atom. The molecule has 3 nitrogen and oxygen atoms in total. The van der Waals surface area contributed by atoms with Crippen LogP contribution in [0.4, 0.5) is 5.88 Å². The molecule has 2 rings (SSSR count). The van der Waals surface area contributed by atoms with Crippen LogP contribution < -0.4 is 5.32 Å². The second-order valence-electron chi connectivity index (χ2n) is 3.70. The van der Waals surface area contributed by atoms with Gasteiger partial charge in [0.15, 0.2) is 0 Å². The van der Waals surface area contributed by atoms with Crippen LogP contribution in [-0.2, 0) is 0 Å². The highest BCUT2D eigenvalue weighted by atomic mass is 16.5. The summed E-state index contributed by atoms with van der Waals surface area (Å²) >= 11 is 0. The molecule has 1 aliphatic rings. The van der Waals surface area contributed by atoms with Crippen molar-refractivity contribution in [2.24, 2.45) is 0 Å². The number of nitrogens with zero attached hydrogens (tertiary/aromatic N) is 1. The summed E-state index contributed by atoms with van der Waals surface area (Å²) in [7, 11) is 1.85. The van der Waals surface area contributed by atoms with Crippen molar-refractivity contribution in [3.8, 4) is 0 Å². The van der Waals surface area contributed by atoms with Crippen LogP contribution in [0.3, 0.4) is 0 Å². The number of aromatic nitrogens is 1. The maximum absolute atomic E-state index is 5.11. The molecule has 0 spiro atoms. The van der Waals surface area contributed by atoms with Crippen molar-refractivity contribution in [3.05, 3.63) is 11.8 Å². The lowest BCUT2D eigenvalue weighted by Gasteiger charge is -2.18. The molecule has 1 aromatic heterocycles. The number of nitrogens with one attached hydrogen (secondary N) is 1. The first-order valence-corrected chi connectivity index (χ1v) is 5.04. The van der Waals surface area contributed by atoms with Crippen LogP contribution in [0.15, 0.2) is 10.6 Å². The van der Waals surface area contributed by atoms with Gasteiger partial charge in [0.25, 0.3) is 0 Å². The molecule has 0 saturated heterocycles. The summed E-state index contributed by atoms with van der Waals surface area (Å²) in [4.78, 5) is 0. The Bertz CT molecular complexity index is 264. The Hall–Kier alpha value is -0.990. The molecule has 1 N–H and O–H groups in total. The van der Waals surface area contributed by atoms with Crippen LogP contribution in [0.5, 0.6) is 0 Å². The van der Waals surface area contributed by atoms with Gasteiger partial charge in [0.05, 0.1) is 5.69 Å². The molecule has 1 aliphatic carbocycles. The van der Waals surface area contributed by atoms with E-state index >= 15 is 0 Å². The van der Waals surface area contributed by atoms with Gasteiger partial charge in [0, 0.05) is 19.0 Å². The largest absolute Gasteiger partial charge is 0.357 e. The van der Waals surface area contributed by atoms with Crippen molar-refractivity contribution in [2.45, 2.75) is 38.0 Å². The fourth-order valence-electron chi connectivity index (χ4n) is 2.00. The van der Waals surface area contributed by atoms with E-state index < -0.39 is 0 Å². The van der Waals surface area contributed by atoms with Crippen LogP contribution in [0, 0.1) is 0 Å². The molecule has 0 atom stereocenters. The van der Waals surface area contributed by atoms with Gasteiger partial charge < -0.3 is 9.84 Å². The number of hydrogen-bond acceptors (Lipinski definition) is 3. The van der Waals surface area contributed by atoms with E-state index in [0.29, 0.717) is 5.92 Å². The van der Waals surface area contributed by atoms with E-state index in [9.17, 15) is 0 Å². The molecule has 0 radical (unpaired) electrons. The summed E-state index contributed by atoms with van der Waals surface area (Å²) in [6.45, 7) is 0. The van der Waals surface area contributed by atoms with Gasteiger partial charge in [-0.15, -0.1) is 0 Å². The van der Waals surface area contributed by atoms with Crippen LogP contribution in [0.1, 0.15) is 43.7 Å². The summed E-state index contributed by atoms with van der Waals surface area (Å²) in [6.07, 6.45) is 6.61. The Morgan fingerprint density at radius 1 is 1.38 bits per heavy atom. The highest BCUT2D eigenvalue weighted by Gasteiger charge is 2.18. The quantitative estimate of drug-likeness (QED) is 0.760. The molecular weight excluding hydrogens is 164 g/mol. The molecule has 0 bridgehead atoms. The molecule has 72 valence electrons. The highest BCUT2D eigenvalue weighted by molar-refractivity contribution is 5.31. The van der Waals surface area contributed by atoms with Crippen molar-refractivity contribution in [3.63, 3.8) is 0 Å².